The first-order valence-electron chi connectivity index (χ1n) is 13.1. The highest BCUT2D eigenvalue weighted by atomic mass is 16.5. The number of aromatic nitrogens is 2. The first kappa shape index (κ1) is 25.3. The van der Waals surface area contributed by atoms with E-state index < -0.39 is 6.10 Å². The maximum atomic E-state index is 12.6. The molecule has 4 atom stereocenters. The number of rotatable bonds is 5. The van der Waals surface area contributed by atoms with E-state index in [1.54, 1.807) is 18.9 Å². The van der Waals surface area contributed by atoms with Gasteiger partial charge in [-0.05, 0) is 75.8 Å². The average Bonchev–Trinajstić information content (AvgIpc) is 3.32. The van der Waals surface area contributed by atoms with E-state index >= 15 is 0 Å². The number of Topliss-reactive ketones (excluding diaryl/α,β-unsaturated/α-hetero) is 1. The smallest absolute Gasteiger partial charge is 0.414 e. The fraction of sp³-hybridized carbons (Fsp3) is 0.483. The Morgan fingerprint density at radius 2 is 1.95 bits per heavy atom. The van der Waals surface area contributed by atoms with Gasteiger partial charge in [0.05, 0.1) is 30.9 Å². The van der Waals surface area contributed by atoms with Gasteiger partial charge in [0.2, 0.25) is 0 Å². The van der Waals surface area contributed by atoms with E-state index in [2.05, 4.69) is 4.57 Å². The monoisotopic (exact) mass is 505 g/mol. The molecule has 1 amide bonds. The van der Waals surface area contributed by atoms with E-state index in [4.69, 9.17) is 14.5 Å². The molecule has 1 fully saturated rings. The number of hydrogen-bond acceptors (Lipinski definition) is 6. The first-order chi connectivity index (χ1) is 17.8. The largest absolute Gasteiger partial charge is 0.497 e. The van der Waals surface area contributed by atoms with Crippen molar-refractivity contribution in [2.75, 3.05) is 19.1 Å². The zero-order valence-electron chi connectivity index (χ0n) is 21.9. The molecule has 5 rings (SSSR count). The van der Waals surface area contributed by atoms with E-state index in [1.807, 2.05) is 43.3 Å². The highest BCUT2D eigenvalue weighted by Gasteiger charge is 2.35. The van der Waals surface area contributed by atoms with E-state index in [9.17, 15) is 14.7 Å². The lowest BCUT2D eigenvalue weighted by Gasteiger charge is -2.34. The van der Waals surface area contributed by atoms with Gasteiger partial charge in [-0.2, -0.15) is 0 Å². The van der Waals surface area contributed by atoms with Gasteiger partial charge in [0.1, 0.15) is 23.5 Å². The Morgan fingerprint density at radius 1 is 1.14 bits per heavy atom. The minimum absolute atomic E-state index is 0.00584. The van der Waals surface area contributed by atoms with Crippen molar-refractivity contribution in [3.63, 3.8) is 0 Å². The normalized spacial score (nSPS) is 22.4. The fourth-order valence-corrected chi connectivity index (χ4v) is 6.10. The van der Waals surface area contributed by atoms with Crippen molar-refractivity contribution in [3.8, 4) is 5.75 Å². The van der Waals surface area contributed by atoms with Gasteiger partial charge in [0.15, 0.2) is 0 Å². The molecule has 196 valence electrons. The van der Waals surface area contributed by atoms with Crippen LogP contribution in [-0.4, -0.2) is 46.8 Å². The zero-order chi connectivity index (χ0) is 26.3. The third-order valence-electron chi connectivity index (χ3n) is 8.09. The number of aliphatic hydroxyl groups excluding tert-OH is 1. The van der Waals surface area contributed by atoms with Gasteiger partial charge < -0.3 is 19.1 Å². The number of anilines is 1. The van der Waals surface area contributed by atoms with E-state index in [-0.39, 0.29) is 29.9 Å². The Kier molecular flexibility index (Phi) is 6.94. The molecule has 0 unspecified atom stereocenters. The summed E-state index contributed by atoms with van der Waals surface area (Å²) in [6.45, 7) is 3.69. The number of benzene rings is 2. The number of aliphatic hydroxyl groups is 1. The number of methoxy groups -OCH3 is 2. The van der Waals surface area contributed by atoms with Crippen LogP contribution in [0.25, 0.3) is 11.0 Å². The minimum atomic E-state index is -0.977. The van der Waals surface area contributed by atoms with E-state index in [1.165, 1.54) is 7.11 Å². The summed E-state index contributed by atoms with van der Waals surface area (Å²) in [5.74, 6) is 1.43. The van der Waals surface area contributed by atoms with Crippen LogP contribution in [0.5, 0.6) is 5.75 Å². The minimum Gasteiger partial charge on any atom is -0.497 e. The summed E-state index contributed by atoms with van der Waals surface area (Å²) in [7, 11) is 3.00. The average molecular weight is 506 g/mol. The summed E-state index contributed by atoms with van der Waals surface area (Å²) < 4.78 is 12.6. The maximum Gasteiger partial charge on any atom is 0.414 e. The number of carbonyl (C=O) groups excluding carboxylic acids is 2. The highest BCUT2D eigenvalue weighted by Crippen LogP contribution is 2.42. The number of hydrogen-bond donors (Lipinski definition) is 1. The molecule has 0 radical (unpaired) electrons. The van der Waals surface area contributed by atoms with Crippen LogP contribution in [0.1, 0.15) is 75.0 Å². The van der Waals surface area contributed by atoms with Crippen LogP contribution in [0.15, 0.2) is 36.4 Å². The van der Waals surface area contributed by atoms with Gasteiger partial charge >= 0.3 is 6.09 Å². The molecule has 8 nitrogen and oxygen atoms in total. The van der Waals surface area contributed by atoms with Crippen LogP contribution >= 0.6 is 0 Å². The highest BCUT2D eigenvalue weighted by molar-refractivity contribution is 5.95. The second-order valence-electron chi connectivity index (χ2n) is 10.3. The predicted octanol–water partition coefficient (Wildman–Crippen LogP) is 5.35. The molecule has 1 aliphatic carbocycles. The molecule has 1 saturated carbocycles. The Balaban J connectivity index is 1.69. The molecule has 1 aliphatic heterocycles. The fourth-order valence-electron chi connectivity index (χ4n) is 6.10. The van der Waals surface area contributed by atoms with Crippen LogP contribution in [0.2, 0.25) is 0 Å². The summed E-state index contributed by atoms with van der Waals surface area (Å²) in [5.41, 5.74) is 4.19. The van der Waals surface area contributed by atoms with Crippen LogP contribution in [-0.2, 0) is 16.0 Å². The molecule has 3 aromatic rings. The third kappa shape index (κ3) is 4.48. The lowest BCUT2D eigenvalue weighted by atomic mass is 9.83. The van der Waals surface area contributed by atoms with Gasteiger partial charge in [0, 0.05) is 23.6 Å². The molecule has 37 heavy (non-hydrogen) atoms. The van der Waals surface area contributed by atoms with Crippen molar-refractivity contribution in [2.24, 2.45) is 5.92 Å². The number of amides is 1. The second kappa shape index (κ2) is 10.2. The quantitative estimate of drug-likeness (QED) is 0.502. The summed E-state index contributed by atoms with van der Waals surface area (Å²) in [4.78, 5) is 31.7. The van der Waals surface area contributed by atoms with Crippen molar-refractivity contribution < 1.29 is 24.2 Å². The van der Waals surface area contributed by atoms with E-state index in [0.29, 0.717) is 17.1 Å². The Bertz CT molecular complexity index is 1330. The zero-order valence-corrected chi connectivity index (χ0v) is 21.9. The molecule has 0 saturated heterocycles. The molecule has 2 aliphatic rings. The lowest BCUT2D eigenvalue weighted by Crippen LogP contribution is -2.42. The summed E-state index contributed by atoms with van der Waals surface area (Å²) in [6, 6.07) is 11.4. The molecule has 2 heterocycles. The number of aryl methyl sites for hydroxylation is 1. The van der Waals surface area contributed by atoms with Crippen molar-refractivity contribution >= 4 is 28.6 Å². The van der Waals surface area contributed by atoms with Crippen LogP contribution in [0, 0.1) is 5.92 Å². The summed E-state index contributed by atoms with van der Waals surface area (Å²) in [6.07, 6.45) is 3.67. The molecule has 2 aromatic carbocycles. The summed E-state index contributed by atoms with van der Waals surface area (Å²) >= 11 is 0. The van der Waals surface area contributed by atoms with Gasteiger partial charge in [-0.25, -0.2) is 9.78 Å². The third-order valence-corrected chi connectivity index (χ3v) is 8.09. The number of ether oxygens (including phenoxy) is 2. The van der Waals surface area contributed by atoms with Crippen LogP contribution < -0.4 is 9.64 Å². The first-order valence-corrected chi connectivity index (χ1v) is 13.1. The maximum absolute atomic E-state index is 12.6. The van der Waals surface area contributed by atoms with Crippen molar-refractivity contribution in [1.29, 1.82) is 0 Å². The Labute approximate surface area is 217 Å². The van der Waals surface area contributed by atoms with Crippen LogP contribution in [0.4, 0.5) is 10.5 Å². The number of nitrogens with zero attached hydrogens (tertiary/aromatic N) is 3. The number of carbonyl (C=O) groups is 2. The van der Waals surface area contributed by atoms with Gasteiger partial charge in [-0.3, -0.25) is 9.69 Å². The molecular weight excluding hydrogens is 470 g/mol. The van der Waals surface area contributed by atoms with Crippen molar-refractivity contribution in [2.45, 2.75) is 70.6 Å². The van der Waals surface area contributed by atoms with Crippen molar-refractivity contribution in [1.82, 2.24) is 9.55 Å². The number of ketones is 1. The van der Waals surface area contributed by atoms with Gasteiger partial charge in [0.25, 0.3) is 0 Å². The molecule has 1 N–H and O–H groups in total. The molecule has 0 spiro atoms. The number of fused-ring (bicyclic) bond motifs is 3. The molecular formula is C29H35N3O5. The van der Waals surface area contributed by atoms with Gasteiger partial charge in [-0.1, -0.05) is 18.6 Å². The van der Waals surface area contributed by atoms with Gasteiger partial charge in [-0.15, -0.1) is 0 Å². The van der Waals surface area contributed by atoms with Crippen LogP contribution in [0.3, 0.4) is 0 Å². The Morgan fingerprint density at radius 3 is 2.68 bits per heavy atom. The predicted molar refractivity (Wildman–Crippen MR) is 141 cm³/mol. The lowest BCUT2D eigenvalue weighted by molar-refractivity contribution is -0.122. The molecule has 8 heteroatoms. The van der Waals surface area contributed by atoms with Crippen molar-refractivity contribution in [3.05, 3.63) is 53.3 Å². The standard InChI is InChI=1S/C29H35N3O5/c1-17-11-12-23-24(31(17)29(35)37-4)13-14-25-26(23)30-28(27(34)20-8-6-10-22(16-20)36-3)32(25)21-9-5-7-19(15-21)18(2)33/h6,8,10,13-14,16-17,19,21,27,34H,5,7,9,11-12,15H2,1-4H3/t17-,19+,21+,27+/m0/s1. The second-order valence-corrected chi connectivity index (χ2v) is 10.3. The molecule has 0 bridgehead atoms. The summed E-state index contributed by atoms with van der Waals surface area (Å²) in [5, 5.41) is 11.6. The number of imidazole rings is 1. The topological polar surface area (TPSA) is 93.9 Å². The SMILES string of the molecule is COC(=O)N1c2ccc3c(nc([C@H](O)c4cccc(OC)c4)n3[C@@H]3CCC[C@@H](C(C)=O)C3)c2CC[C@@H]1C. The Hall–Kier alpha value is -3.39. The molecule has 1 aromatic heterocycles. The van der Waals surface area contributed by atoms with E-state index in [0.717, 1.165) is 60.8 Å².